The largest absolute Gasteiger partial charge is 0.472 e. The molecule has 1 rings (SSSR count). The van der Waals surface area contributed by atoms with E-state index in [4.69, 9.17) is 0 Å². The van der Waals surface area contributed by atoms with Gasteiger partial charge in [0.05, 0.1) is 6.61 Å². The Morgan fingerprint density at radius 3 is 1.85 bits per heavy atom. The lowest BCUT2D eigenvalue weighted by Crippen LogP contribution is -2.64. The van der Waals surface area contributed by atoms with Gasteiger partial charge in [0.25, 0.3) is 0 Å². The van der Waals surface area contributed by atoms with Crippen molar-refractivity contribution >= 4 is 7.82 Å². The monoisotopic (exact) mass is 316 g/mol. The average Bonchev–Trinajstić information content (AvgIpc) is 2.39. The highest BCUT2D eigenvalue weighted by Gasteiger charge is 2.51. The molecule has 0 radical (unpaired) electrons. The van der Waals surface area contributed by atoms with Crippen LogP contribution in [0, 0.1) is 0 Å². The van der Waals surface area contributed by atoms with Crippen LogP contribution in [0.2, 0.25) is 0 Å². The topological polar surface area (TPSA) is 157 Å². The molecule has 0 aromatic heterocycles. The van der Waals surface area contributed by atoms with Gasteiger partial charge in [-0.05, 0) is 6.42 Å². The molecule has 3 unspecified atom stereocenters. The summed E-state index contributed by atoms with van der Waals surface area (Å²) in [6, 6.07) is 0. The zero-order chi connectivity index (χ0) is 15.5. The second kappa shape index (κ2) is 7.26. The minimum absolute atomic E-state index is 0.0586. The van der Waals surface area contributed by atoms with Crippen LogP contribution in [0.4, 0.5) is 0 Å². The Morgan fingerprint density at radius 1 is 0.950 bits per heavy atom. The maximum Gasteiger partial charge on any atom is 0.472 e. The van der Waals surface area contributed by atoms with E-state index in [0.29, 0.717) is 6.42 Å². The van der Waals surface area contributed by atoms with Crippen LogP contribution < -0.4 is 0 Å². The molecule has 1 fully saturated rings. The molecule has 1 aliphatic carbocycles. The Bertz CT molecular complexity index is 336. The minimum Gasteiger partial charge on any atom is -0.387 e. The van der Waals surface area contributed by atoms with Crippen LogP contribution in [0.15, 0.2) is 0 Å². The normalized spacial score (nSPS) is 41.4. The number of hydrogen-bond donors (Lipinski definition) is 6. The second-order valence-corrected chi connectivity index (χ2v) is 6.08. The molecule has 0 spiro atoms. The van der Waals surface area contributed by atoms with Gasteiger partial charge in [0.15, 0.2) is 0 Å². The Morgan fingerprint density at radius 2 is 1.40 bits per heavy atom. The summed E-state index contributed by atoms with van der Waals surface area (Å²) in [7, 11) is -4.56. The third-order valence-electron chi connectivity index (χ3n) is 3.08. The number of rotatable bonds is 6. The highest BCUT2D eigenvalue weighted by atomic mass is 31.2. The lowest BCUT2D eigenvalue weighted by atomic mass is 9.85. The molecule has 0 aliphatic heterocycles. The average molecular weight is 316 g/mol. The third-order valence-corrected chi connectivity index (χ3v) is 4.10. The first-order valence-electron chi connectivity index (χ1n) is 6.27. The van der Waals surface area contributed by atoms with Gasteiger partial charge in [0, 0.05) is 0 Å². The van der Waals surface area contributed by atoms with E-state index < -0.39 is 44.4 Å². The molecule has 0 saturated heterocycles. The molecule has 1 aliphatic rings. The van der Waals surface area contributed by atoms with Crippen molar-refractivity contribution in [2.24, 2.45) is 0 Å². The summed E-state index contributed by atoms with van der Waals surface area (Å²) in [6.07, 6.45) is -9.67. The molecule has 0 bridgehead atoms. The van der Waals surface area contributed by atoms with Crippen molar-refractivity contribution in [3.8, 4) is 0 Å². The Hall–Kier alpha value is -0.0900. The van der Waals surface area contributed by atoms with Gasteiger partial charge in [-0.15, -0.1) is 0 Å². The van der Waals surface area contributed by atoms with E-state index in [-0.39, 0.29) is 6.61 Å². The molecule has 10 heteroatoms. The third kappa shape index (κ3) is 4.20. The summed E-state index contributed by atoms with van der Waals surface area (Å²) in [4.78, 5) is 9.43. The molecule has 1 saturated carbocycles. The van der Waals surface area contributed by atoms with Crippen LogP contribution in [0.1, 0.15) is 19.8 Å². The van der Waals surface area contributed by atoms with Crippen molar-refractivity contribution in [2.75, 3.05) is 6.61 Å². The Labute approximate surface area is 116 Å². The van der Waals surface area contributed by atoms with E-state index in [9.17, 15) is 35.0 Å². The molecule has 9 nitrogen and oxygen atoms in total. The van der Waals surface area contributed by atoms with Crippen molar-refractivity contribution in [2.45, 2.75) is 56.4 Å². The van der Waals surface area contributed by atoms with E-state index >= 15 is 0 Å². The fourth-order valence-corrected chi connectivity index (χ4v) is 2.81. The van der Waals surface area contributed by atoms with E-state index in [1.165, 1.54) is 0 Å². The number of phosphoric acid groups is 1. The van der Waals surface area contributed by atoms with Gasteiger partial charge < -0.3 is 30.4 Å². The van der Waals surface area contributed by atoms with Gasteiger partial charge in [0.2, 0.25) is 0 Å². The van der Waals surface area contributed by atoms with Crippen LogP contribution in [0.25, 0.3) is 0 Å². The minimum atomic E-state index is -4.56. The molecular formula is C10H21O9P. The summed E-state index contributed by atoms with van der Waals surface area (Å²) in [5.41, 5.74) is 0. The summed E-state index contributed by atoms with van der Waals surface area (Å²) in [6.45, 7) is 1.78. The second-order valence-electron chi connectivity index (χ2n) is 4.68. The molecule has 20 heavy (non-hydrogen) atoms. The van der Waals surface area contributed by atoms with E-state index in [1.54, 1.807) is 0 Å². The number of aliphatic hydroxyl groups is 5. The maximum atomic E-state index is 11.6. The number of unbranched alkanes of at least 4 members (excludes halogenated alkanes) is 1. The van der Waals surface area contributed by atoms with Gasteiger partial charge in [-0.2, -0.15) is 0 Å². The van der Waals surface area contributed by atoms with Crippen LogP contribution in [-0.2, 0) is 13.6 Å². The SMILES string of the molecule is CCCCOP(=O)(O)OC1[C@H](O)[C@H](O)C(O)[C@H](O)[C@H]1O. The van der Waals surface area contributed by atoms with Crippen molar-refractivity contribution < 1.29 is 44.0 Å². The summed E-state index contributed by atoms with van der Waals surface area (Å²) < 4.78 is 20.8. The smallest absolute Gasteiger partial charge is 0.387 e. The van der Waals surface area contributed by atoms with Gasteiger partial charge in [-0.25, -0.2) is 4.57 Å². The van der Waals surface area contributed by atoms with E-state index in [2.05, 4.69) is 9.05 Å². The van der Waals surface area contributed by atoms with Crippen LogP contribution in [0.5, 0.6) is 0 Å². The lowest BCUT2D eigenvalue weighted by molar-refractivity contribution is -0.220. The molecule has 0 amide bonds. The quantitative estimate of drug-likeness (QED) is 0.243. The van der Waals surface area contributed by atoms with Crippen LogP contribution in [-0.4, -0.2) is 73.7 Å². The molecular weight excluding hydrogens is 295 g/mol. The summed E-state index contributed by atoms with van der Waals surface area (Å²) >= 11 is 0. The molecule has 6 N–H and O–H groups in total. The zero-order valence-corrected chi connectivity index (χ0v) is 11.8. The first-order chi connectivity index (χ1) is 9.21. The van der Waals surface area contributed by atoms with Gasteiger partial charge in [0.1, 0.15) is 36.6 Å². The van der Waals surface area contributed by atoms with Gasteiger partial charge in [-0.3, -0.25) is 9.05 Å². The first-order valence-corrected chi connectivity index (χ1v) is 7.77. The van der Waals surface area contributed by atoms with E-state index in [1.807, 2.05) is 6.92 Å². The van der Waals surface area contributed by atoms with Crippen molar-refractivity contribution in [1.82, 2.24) is 0 Å². The molecule has 0 heterocycles. The van der Waals surface area contributed by atoms with Crippen LogP contribution in [0.3, 0.4) is 0 Å². The highest BCUT2D eigenvalue weighted by molar-refractivity contribution is 7.47. The Balaban J connectivity index is 2.71. The first kappa shape index (κ1) is 18.0. The van der Waals surface area contributed by atoms with Gasteiger partial charge >= 0.3 is 7.82 Å². The predicted molar refractivity (Wildman–Crippen MR) is 65.6 cm³/mol. The molecule has 0 aromatic rings. The van der Waals surface area contributed by atoms with Crippen molar-refractivity contribution in [1.29, 1.82) is 0 Å². The molecule has 7 atom stereocenters. The number of hydrogen-bond acceptors (Lipinski definition) is 8. The molecule has 120 valence electrons. The molecule has 0 aromatic carbocycles. The Kier molecular flexibility index (Phi) is 6.52. The lowest BCUT2D eigenvalue weighted by Gasteiger charge is -2.41. The number of aliphatic hydroxyl groups excluding tert-OH is 5. The predicted octanol–water partition coefficient (Wildman–Crippen LogP) is -1.89. The van der Waals surface area contributed by atoms with Crippen molar-refractivity contribution in [3.05, 3.63) is 0 Å². The summed E-state index contributed by atoms with van der Waals surface area (Å²) in [5.74, 6) is 0. The number of phosphoric ester groups is 1. The van der Waals surface area contributed by atoms with Crippen LogP contribution >= 0.6 is 7.82 Å². The summed E-state index contributed by atoms with van der Waals surface area (Å²) in [5, 5.41) is 47.5. The standard InChI is InChI=1S/C10H21O9P/c1-2-3-4-18-20(16,17)19-10-8(14)6(12)5(11)7(13)9(10)15/h5-15H,2-4H2,1H3,(H,16,17)/t5?,6-,7+,8-,9-,10?/m1/s1. The highest BCUT2D eigenvalue weighted by Crippen LogP contribution is 2.47. The fourth-order valence-electron chi connectivity index (χ4n) is 1.83. The van der Waals surface area contributed by atoms with Crippen molar-refractivity contribution in [3.63, 3.8) is 0 Å². The zero-order valence-electron chi connectivity index (χ0n) is 10.9. The maximum absolute atomic E-state index is 11.6. The van der Waals surface area contributed by atoms with Gasteiger partial charge in [-0.1, -0.05) is 13.3 Å². The fraction of sp³-hybridized carbons (Fsp3) is 1.00. The van der Waals surface area contributed by atoms with E-state index in [0.717, 1.165) is 6.42 Å².